The first-order valence-electron chi connectivity index (χ1n) is 7.30. The van der Waals surface area contributed by atoms with Crippen molar-refractivity contribution in [2.75, 3.05) is 46.0 Å². The van der Waals surface area contributed by atoms with Crippen molar-refractivity contribution < 1.29 is 14.3 Å². The summed E-state index contributed by atoms with van der Waals surface area (Å²) in [5.41, 5.74) is 0. The number of hydrogen-bond donors (Lipinski definition) is 1. The highest BCUT2D eigenvalue weighted by atomic mass is 79.9. The van der Waals surface area contributed by atoms with E-state index in [2.05, 4.69) is 26.1 Å². The highest BCUT2D eigenvalue weighted by Crippen LogP contribution is 2.27. The van der Waals surface area contributed by atoms with Crippen molar-refractivity contribution in [2.45, 2.75) is 6.42 Å². The lowest BCUT2D eigenvalue weighted by molar-refractivity contribution is -0.123. The van der Waals surface area contributed by atoms with Crippen LogP contribution in [0.25, 0.3) is 0 Å². The Morgan fingerprint density at radius 3 is 2.91 bits per heavy atom. The number of hydrogen-bond acceptors (Lipinski definition) is 4. The Morgan fingerprint density at radius 2 is 2.18 bits per heavy atom. The van der Waals surface area contributed by atoms with Gasteiger partial charge < -0.3 is 14.8 Å². The van der Waals surface area contributed by atoms with Gasteiger partial charge >= 0.3 is 0 Å². The van der Waals surface area contributed by atoms with E-state index in [0.29, 0.717) is 17.3 Å². The van der Waals surface area contributed by atoms with Crippen LogP contribution in [0.1, 0.15) is 6.42 Å². The Bertz CT molecular complexity index is 496. The predicted molar refractivity (Wildman–Crippen MR) is 89.5 cm³/mol. The van der Waals surface area contributed by atoms with E-state index in [4.69, 9.17) is 21.1 Å². The molecule has 122 valence electrons. The first-order valence-corrected chi connectivity index (χ1v) is 8.47. The van der Waals surface area contributed by atoms with E-state index in [1.54, 1.807) is 18.2 Å². The van der Waals surface area contributed by atoms with Gasteiger partial charge in [-0.2, -0.15) is 0 Å². The van der Waals surface area contributed by atoms with Gasteiger partial charge in [0.1, 0.15) is 5.75 Å². The zero-order valence-corrected chi connectivity index (χ0v) is 14.7. The maximum Gasteiger partial charge on any atom is 0.257 e. The second kappa shape index (κ2) is 9.35. The van der Waals surface area contributed by atoms with E-state index in [-0.39, 0.29) is 12.5 Å². The molecule has 1 saturated heterocycles. The lowest BCUT2D eigenvalue weighted by atomic mass is 10.3. The highest BCUT2D eigenvalue weighted by Gasteiger charge is 2.10. The van der Waals surface area contributed by atoms with E-state index in [9.17, 15) is 4.79 Å². The minimum atomic E-state index is -0.121. The topological polar surface area (TPSA) is 50.8 Å². The zero-order valence-electron chi connectivity index (χ0n) is 12.3. The molecule has 0 aromatic heterocycles. The number of benzene rings is 1. The standard InChI is InChI=1S/C15H20BrClN2O3/c16-13-10-12(17)2-3-14(13)22-11-15(20)18-4-1-5-19-6-8-21-9-7-19/h2-3,10H,1,4-9,11H2,(H,18,20). The highest BCUT2D eigenvalue weighted by molar-refractivity contribution is 9.10. The number of carbonyl (C=O) groups excluding carboxylic acids is 1. The van der Waals surface area contributed by atoms with Crippen LogP contribution in [0.2, 0.25) is 5.02 Å². The van der Waals surface area contributed by atoms with Gasteiger partial charge in [0.15, 0.2) is 6.61 Å². The molecule has 7 heteroatoms. The average molecular weight is 392 g/mol. The SMILES string of the molecule is O=C(COc1ccc(Cl)cc1Br)NCCCN1CCOCC1. The van der Waals surface area contributed by atoms with E-state index in [1.165, 1.54) is 0 Å². The first-order chi connectivity index (χ1) is 10.6. The van der Waals surface area contributed by atoms with Gasteiger partial charge in [0.05, 0.1) is 17.7 Å². The second-order valence-corrected chi connectivity index (χ2v) is 6.31. The van der Waals surface area contributed by atoms with Crippen LogP contribution < -0.4 is 10.1 Å². The minimum Gasteiger partial charge on any atom is -0.483 e. The molecule has 1 fully saturated rings. The number of morpholine rings is 1. The van der Waals surface area contributed by atoms with E-state index in [1.807, 2.05) is 0 Å². The van der Waals surface area contributed by atoms with Crippen LogP contribution in [0.3, 0.4) is 0 Å². The van der Waals surface area contributed by atoms with Crippen LogP contribution in [0.5, 0.6) is 5.75 Å². The van der Waals surface area contributed by atoms with Crippen LogP contribution in [0.15, 0.2) is 22.7 Å². The smallest absolute Gasteiger partial charge is 0.257 e. The van der Waals surface area contributed by atoms with Crippen molar-refractivity contribution in [3.8, 4) is 5.75 Å². The van der Waals surface area contributed by atoms with Crippen molar-refractivity contribution in [2.24, 2.45) is 0 Å². The summed E-state index contributed by atoms with van der Waals surface area (Å²) in [7, 11) is 0. The Morgan fingerprint density at radius 1 is 1.41 bits per heavy atom. The predicted octanol–water partition coefficient (Wildman–Crippen LogP) is 2.32. The summed E-state index contributed by atoms with van der Waals surface area (Å²) >= 11 is 9.20. The molecule has 1 aliphatic heterocycles. The lowest BCUT2D eigenvalue weighted by Crippen LogP contribution is -2.38. The third-order valence-corrected chi connectivity index (χ3v) is 4.18. The molecule has 0 atom stereocenters. The molecule has 1 heterocycles. The average Bonchev–Trinajstić information content (AvgIpc) is 2.52. The molecule has 0 unspecified atom stereocenters. The molecule has 2 rings (SSSR count). The molecular weight excluding hydrogens is 372 g/mol. The van der Waals surface area contributed by atoms with Gasteiger partial charge in [-0.3, -0.25) is 9.69 Å². The fraction of sp³-hybridized carbons (Fsp3) is 0.533. The van der Waals surface area contributed by atoms with Gasteiger partial charge in [-0.15, -0.1) is 0 Å². The van der Waals surface area contributed by atoms with Crippen LogP contribution in [-0.4, -0.2) is 56.8 Å². The summed E-state index contributed by atoms with van der Waals surface area (Å²) in [5.74, 6) is 0.483. The number of amides is 1. The van der Waals surface area contributed by atoms with Gasteiger partial charge in [0.2, 0.25) is 0 Å². The summed E-state index contributed by atoms with van der Waals surface area (Å²) in [4.78, 5) is 14.1. The molecular formula is C15H20BrClN2O3. The van der Waals surface area contributed by atoms with Gasteiger partial charge in [-0.1, -0.05) is 11.6 Å². The van der Waals surface area contributed by atoms with Crippen LogP contribution in [0.4, 0.5) is 0 Å². The molecule has 0 radical (unpaired) electrons. The van der Waals surface area contributed by atoms with Crippen LogP contribution in [0, 0.1) is 0 Å². The number of ether oxygens (including phenoxy) is 2. The van der Waals surface area contributed by atoms with Gasteiger partial charge in [-0.05, 0) is 47.1 Å². The van der Waals surface area contributed by atoms with E-state index < -0.39 is 0 Å². The number of nitrogens with one attached hydrogen (secondary N) is 1. The van der Waals surface area contributed by atoms with Gasteiger partial charge in [0, 0.05) is 24.7 Å². The lowest BCUT2D eigenvalue weighted by Gasteiger charge is -2.26. The number of halogens is 2. The summed E-state index contributed by atoms with van der Waals surface area (Å²) in [6, 6.07) is 5.19. The van der Waals surface area contributed by atoms with E-state index in [0.717, 1.165) is 43.7 Å². The van der Waals surface area contributed by atoms with Crippen molar-refractivity contribution in [1.82, 2.24) is 10.2 Å². The molecule has 1 N–H and O–H groups in total. The summed E-state index contributed by atoms with van der Waals surface area (Å²) in [6.45, 7) is 5.18. The monoisotopic (exact) mass is 390 g/mol. The second-order valence-electron chi connectivity index (χ2n) is 5.02. The summed E-state index contributed by atoms with van der Waals surface area (Å²) in [5, 5.41) is 3.48. The molecule has 5 nitrogen and oxygen atoms in total. The molecule has 0 bridgehead atoms. The molecule has 0 aliphatic carbocycles. The number of nitrogens with zero attached hydrogens (tertiary/aromatic N) is 1. The Balaban J connectivity index is 1.59. The molecule has 1 aromatic carbocycles. The fourth-order valence-electron chi connectivity index (χ4n) is 2.14. The van der Waals surface area contributed by atoms with E-state index >= 15 is 0 Å². The minimum absolute atomic E-state index is 0.00220. The summed E-state index contributed by atoms with van der Waals surface area (Å²) < 4.78 is 11.5. The first kappa shape index (κ1) is 17.5. The van der Waals surface area contributed by atoms with Gasteiger partial charge in [0.25, 0.3) is 5.91 Å². The van der Waals surface area contributed by atoms with Crippen molar-refractivity contribution in [3.63, 3.8) is 0 Å². The summed E-state index contributed by atoms with van der Waals surface area (Å²) in [6.07, 6.45) is 0.927. The third-order valence-electron chi connectivity index (χ3n) is 3.33. The molecule has 0 saturated carbocycles. The Kier molecular flexibility index (Phi) is 7.45. The maximum atomic E-state index is 11.7. The number of rotatable bonds is 7. The molecule has 22 heavy (non-hydrogen) atoms. The van der Waals surface area contributed by atoms with Crippen molar-refractivity contribution >= 4 is 33.4 Å². The van der Waals surface area contributed by atoms with Crippen LogP contribution in [-0.2, 0) is 9.53 Å². The quantitative estimate of drug-likeness (QED) is 0.725. The third kappa shape index (κ3) is 6.12. The largest absolute Gasteiger partial charge is 0.483 e. The Labute approximate surface area is 144 Å². The zero-order chi connectivity index (χ0) is 15.8. The van der Waals surface area contributed by atoms with Crippen LogP contribution >= 0.6 is 27.5 Å². The number of carbonyl (C=O) groups is 1. The molecule has 1 aliphatic rings. The van der Waals surface area contributed by atoms with Gasteiger partial charge in [-0.25, -0.2) is 0 Å². The fourth-order valence-corrected chi connectivity index (χ4v) is 2.94. The molecule has 1 aromatic rings. The normalized spacial score (nSPS) is 15.5. The Hall–Kier alpha value is -0.820. The maximum absolute atomic E-state index is 11.7. The van der Waals surface area contributed by atoms with Crippen molar-refractivity contribution in [1.29, 1.82) is 0 Å². The molecule has 1 amide bonds. The van der Waals surface area contributed by atoms with Crippen molar-refractivity contribution in [3.05, 3.63) is 27.7 Å². The molecule has 0 spiro atoms.